The SMILES string of the molecule is Cc1nc2c(s1)C(C)(O)COC2. The summed E-state index contributed by atoms with van der Waals surface area (Å²) in [5, 5.41) is 10.9. The average Bonchev–Trinajstić information content (AvgIpc) is 2.30. The Labute approximate surface area is 75.0 Å². The molecule has 3 nitrogen and oxygen atoms in total. The highest BCUT2D eigenvalue weighted by atomic mass is 32.1. The highest BCUT2D eigenvalue weighted by Gasteiger charge is 2.33. The molecule has 2 rings (SSSR count). The van der Waals surface area contributed by atoms with E-state index in [4.69, 9.17) is 4.74 Å². The Morgan fingerprint density at radius 1 is 1.67 bits per heavy atom. The third kappa shape index (κ3) is 1.16. The fourth-order valence-corrected chi connectivity index (χ4v) is 2.35. The molecule has 1 N–H and O–H groups in total. The molecule has 1 aliphatic heterocycles. The van der Waals surface area contributed by atoms with E-state index in [0.29, 0.717) is 13.2 Å². The number of thiazole rings is 1. The topological polar surface area (TPSA) is 42.4 Å². The van der Waals surface area contributed by atoms with Gasteiger partial charge in [0.1, 0.15) is 5.60 Å². The first-order chi connectivity index (χ1) is 5.59. The Hall–Kier alpha value is -0.450. The van der Waals surface area contributed by atoms with Crippen molar-refractivity contribution < 1.29 is 9.84 Å². The fraction of sp³-hybridized carbons (Fsp3) is 0.625. The number of aliphatic hydroxyl groups is 1. The van der Waals surface area contributed by atoms with Crippen molar-refractivity contribution in [3.8, 4) is 0 Å². The van der Waals surface area contributed by atoms with Gasteiger partial charge in [0.25, 0.3) is 0 Å². The zero-order valence-corrected chi connectivity index (χ0v) is 7.94. The molecule has 0 radical (unpaired) electrons. The monoisotopic (exact) mass is 185 g/mol. The number of hydrogen-bond donors (Lipinski definition) is 1. The lowest BCUT2D eigenvalue weighted by Gasteiger charge is -2.26. The van der Waals surface area contributed by atoms with E-state index in [1.54, 1.807) is 18.3 Å². The van der Waals surface area contributed by atoms with Gasteiger partial charge in [0.2, 0.25) is 0 Å². The summed E-state index contributed by atoms with van der Waals surface area (Å²) < 4.78 is 5.22. The van der Waals surface area contributed by atoms with Gasteiger partial charge in [-0.05, 0) is 13.8 Å². The van der Waals surface area contributed by atoms with Crippen LogP contribution in [0.25, 0.3) is 0 Å². The third-order valence-corrected chi connectivity index (χ3v) is 3.18. The summed E-state index contributed by atoms with van der Waals surface area (Å²) in [4.78, 5) is 5.24. The van der Waals surface area contributed by atoms with Crippen molar-refractivity contribution in [2.75, 3.05) is 6.61 Å². The standard InChI is InChI=1S/C8H11NO2S/c1-5-9-6-3-11-4-8(2,10)7(6)12-5/h10H,3-4H2,1-2H3. The highest BCUT2D eigenvalue weighted by molar-refractivity contribution is 7.11. The van der Waals surface area contributed by atoms with Gasteiger partial charge in [-0.25, -0.2) is 4.98 Å². The van der Waals surface area contributed by atoms with Crippen LogP contribution in [-0.2, 0) is 16.9 Å². The van der Waals surface area contributed by atoms with Crippen molar-refractivity contribution in [3.63, 3.8) is 0 Å². The van der Waals surface area contributed by atoms with E-state index in [0.717, 1.165) is 15.6 Å². The number of fused-ring (bicyclic) bond motifs is 1. The van der Waals surface area contributed by atoms with Gasteiger partial charge < -0.3 is 9.84 Å². The molecule has 0 fully saturated rings. The molecule has 1 aliphatic rings. The maximum Gasteiger partial charge on any atom is 0.121 e. The van der Waals surface area contributed by atoms with Gasteiger partial charge in [-0.3, -0.25) is 0 Å². The summed E-state index contributed by atoms with van der Waals surface area (Å²) in [5.41, 5.74) is 0.0632. The summed E-state index contributed by atoms with van der Waals surface area (Å²) in [5.74, 6) is 0. The lowest BCUT2D eigenvalue weighted by atomic mass is 10.0. The molecule has 12 heavy (non-hydrogen) atoms. The number of hydrogen-bond acceptors (Lipinski definition) is 4. The lowest BCUT2D eigenvalue weighted by Crippen LogP contribution is -2.31. The van der Waals surface area contributed by atoms with Crippen LogP contribution in [0.15, 0.2) is 0 Å². The van der Waals surface area contributed by atoms with Crippen LogP contribution in [0.1, 0.15) is 22.5 Å². The molecule has 1 aromatic heterocycles. The van der Waals surface area contributed by atoms with Crippen molar-refractivity contribution in [1.82, 2.24) is 4.98 Å². The van der Waals surface area contributed by atoms with Crippen LogP contribution in [0.5, 0.6) is 0 Å². The second kappa shape index (κ2) is 2.52. The van der Waals surface area contributed by atoms with Gasteiger partial charge in [0.15, 0.2) is 0 Å². The molecule has 0 amide bonds. The molecular formula is C8H11NO2S. The summed E-state index contributed by atoms with van der Waals surface area (Å²) >= 11 is 1.56. The lowest BCUT2D eigenvalue weighted by molar-refractivity contribution is -0.0586. The zero-order chi connectivity index (χ0) is 8.77. The number of ether oxygens (including phenoxy) is 1. The first-order valence-electron chi connectivity index (χ1n) is 3.86. The molecule has 0 saturated heterocycles. The minimum absolute atomic E-state index is 0.377. The van der Waals surface area contributed by atoms with Crippen molar-refractivity contribution in [2.24, 2.45) is 0 Å². The number of aromatic nitrogens is 1. The predicted molar refractivity (Wildman–Crippen MR) is 46.1 cm³/mol. The predicted octanol–water partition coefficient (Wildman–Crippen LogP) is 1.19. The van der Waals surface area contributed by atoms with E-state index in [1.165, 1.54) is 0 Å². The molecule has 1 aromatic rings. The van der Waals surface area contributed by atoms with E-state index < -0.39 is 5.60 Å². The minimum Gasteiger partial charge on any atom is -0.382 e. The number of nitrogens with zero attached hydrogens (tertiary/aromatic N) is 1. The molecular weight excluding hydrogens is 174 g/mol. The van der Waals surface area contributed by atoms with E-state index in [1.807, 2.05) is 6.92 Å². The molecule has 0 bridgehead atoms. The van der Waals surface area contributed by atoms with E-state index in [9.17, 15) is 5.11 Å². The normalized spacial score (nSPS) is 28.6. The summed E-state index contributed by atoms with van der Waals surface area (Å²) in [6, 6.07) is 0. The smallest absolute Gasteiger partial charge is 0.121 e. The van der Waals surface area contributed by atoms with Gasteiger partial charge in [-0.15, -0.1) is 11.3 Å². The highest BCUT2D eigenvalue weighted by Crippen LogP contribution is 2.34. The fourth-order valence-electron chi connectivity index (χ4n) is 1.40. The van der Waals surface area contributed by atoms with E-state index in [2.05, 4.69) is 4.98 Å². The van der Waals surface area contributed by atoms with E-state index in [-0.39, 0.29) is 0 Å². The summed E-state index contributed by atoms with van der Waals surface area (Å²) in [6.07, 6.45) is 0. The minimum atomic E-state index is -0.834. The molecule has 4 heteroatoms. The molecule has 0 saturated carbocycles. The summed E-state index contributed by atoms with van der Waals surface area (Å²) in [7, 11) is 0. The van der Waals surface area contributed by atoms with Gasteiger partial charge in [-0.2, -0.15) is 0 Å². The quantitative estimate of drug-likeness (QED) is 0.660. The molecule has 0 spiro atoms. The Morgan fingerprint density at radius 3 is 3.08 bits per heavy atom. The largest absolute Gasteiger partial charge is 0.382 e. The summed E-state index contributed by atoms with van der Waals surface area (Å²) in [6.45, 7) is 4.62. The van der Waals surface area contributed by atoms with Gasteiger partial charge in [0, 0.05) is 0 Å². The van der Waals surface area contributed by atoms with Crippen LogP contribution >= 0.6 is 11.3 Å². The van der Waals surface area contributed by atoms with Crippen LogP contribution in [0, 0.1) is 6.92 Å². The molecule has 66 valence electrons. The average molecular weight is 185 g/mol. The Bertz CT molecular complexity index is 306. The van der Waals surface area contributed by atoms with Crippen LogP contribution in [-0.4, -0.2) is 16.7 Å². The van der Waals surface area contributed by atoms with Crippen molar-refractivity contribution in [1.29, 1.82) is 0 Å². The molecule has 2 heterocycles. The van der Waals surface area contributed by atoms with Crippen molar-refractivity contribution >= 4 is 11.3 Å². The Morgan fingerprint density at radius 2 is 2.42 bits per heavy atom. The molecule has 1 atom stereocenters. The molecule has 1 unspecified atom stereocenters. The van der Waals surface area contributed by atoms with Crippen LogP contribution in [0.2, 0.25) is 0 Å². The maximum atomic E-state index is 9.89. The Kier molecular flexibility index (Phi) is 1.71. The van der Waals surface area contributed by atoms with Gasteiger partial charge in [0.05, 0.1) is 28.8 Å². The Balaban J connectivity index is 2.51. The van der Waals surface area contributed by atoms with Crippen LogP contribution in [0.4, 0.5) is 0 Å². The molecule has 0 aromatic carbocycles. The first kappa shape index (κ1) is 8.16. The van der Waals surface area contributed by atoms with Crippen LogP contribution in [0.3, 0.4) is 0 Å². The number of aryl methyl sites for hydroxylation is 1. The zero-order valence-electron chi connectivity index (χ0n) is 7.13. The van der Waals surface area contributed by atoms with E-state index >= 15 is 0 Å². The maximum absolute atomic E-state index is 9.89. The third-order valence-electron chi connectivity index (χ3n) is 1.92. The molecule has 0 aliphatic carbocycles. The van der Waals surface area contributed by atoms with Crippen molar-refractivity contribution in [2.45, 2.75) is 26.1 Å². The van der Waals surface area contributed by atoms with Crippen LogP contribution < -0.4 is 0 Å². The van der Waals surface area contributed by atoms with Gasteiger partial charge >= 0.3 is 0 Å². The van der Waals surface area contributed by atoms with Gasteiger partial charge in [-0.1, -0.05) is 0 Å². The van der Waals surface area contributed by atoms with Crippen molar-refractivity contribution in [3.05, 3.63) is 15.6 Å². The first-order valence-corrected chi connectivity index (χ1v) is 4.68. The number of rotatable bonds is 0. The second-order valence-corrected chi connectivity index (χ2v) is 4.48. The second-order valence-electron chi connectivity index (χ2n) is 3.28.